The topological polar surface area (TPSA) is 88.6 Å². The molecule has 2 N–H and O–H groups in total. The Labute approximate surface area is 226 Å². The molecule has 0 bridgehead atoms. The van der Waals surface area contributed by atoms with Gasteiger partial charge in [0.2, 0.25) is 0 Å². The van der Waals surface area contributed by atoms with Gasteiger partial charge >= 0.3 is 0 Å². The number of hydrogen-bond donors (Lipinski definition) is 2. The Kier molecular flexibility index (Phi) is 8.26. The van der Waals surface area contributed by atoms with Gasteiger partial charge in [-0.15, -0.1) is 10.2 Å². The number of fused-ring (bicyclic) bond motifs is 1. The number of rotatable bonds is 11. The van der Waals surface area contributed by atoms with E-state index in [2.05, 4.69) is 69.3 Å². The first-order valence-corrected chi connectivity index (χ1v) is 13.1. The van der Waals surface area contributed by atoms with Crippen LogP contribution in [0.1, 0.15) is 42.4 Å². The van der Waals surface area contributed by atoms with E-state index in [9.17, 15) is 0 Å². The van der Waals surface area contributed by atoms with Gasteiger partial charge in [0, 0.05) is 34.6 Å². The highest BCUT2D eigenvalue weighted by atomic mass is 35.5. The van der Waals surface area contributed by atoms with Gasteiger partial charge in [-0.25, -0.2) is 4.98 Å². The number of H-pyrrole nitrogens is 1. The highest BCUT2D eigenvalue weighted by molar-refractivity contribution is 6.31. The van der Waals surface area contributed by atoms with Crippen molar-refractivity contribution < 1.29 is 4.74 Å². The van der Waals surface area contributed by atoms with E-state index in [0.717, 1.165) is 52.0 Å². The molecule has 3 aromatic carbocycles. The fourth-order valence-electron chi connectivity index (χ4n) is 4.27. The van der Waals surface area contributed by atoms with Crippen LogP contribution in [0.3, 0.4) is 0 Å². The van der Waals surface area contributed by atoms with E-state index in [1.165, 1.54) is 0 Å². The number of nitrogens with one attached hydrogen (secondary N) is 2. The molecule has 0 radical (unpaired) electrons. The van der Waals surface area contributed by atoms with Gasteiger partial charge in [-0.2, -0.15) is 5.21 Å². The number of tetrazole rings is 1. The number of aromatic nitrogens is 5. The van der Waals surface area contributed by atoms with E-state index < -0.39 is 0 Å². The van der Waals surface area contributed by atoms with Gasteiger partial charge in [-0.1, -0.05) is 78.7 Å². The van der Waals surface area contributed by atoms with Crippen molar-refractivity contribution in [3.05, 3.63) is 107 Å². The van der Waals surface area contributed by atoms with Crippen molar-refractivity contribution in [2.75, 3.05) is 5.32 Å². The van der Waals surface area contributed by atoms with Gasteiger partial charge in [0.25, 0.3) is 0 Å². The summed E-state index contributed by atoms with van der Waals surface area (Å²) in [6.45, 7) is 2.78. The fourth-order valence-corrected chi connectivity index (χ4v) is 4.44. The molecule has 8 heteroatoms. The zero-order valence-corrected chi connectivity index (χ0v) is 21.9. The van der Waals surface area contributed by atoms with Crippen molar-refractivity contribution in [1.29, 1.82) is 0 Å². The number of para-hydroxylation sites is 1. The summed E-state index contributed by atoms with van der Waals surface area (Å²) in [5.74, 6) is 1.52. The molecule has 192 valence electrons. The molecule has 0 aliphatic heterocycles. The summed E-state index contributed by atoms with van der Waals surface area (Å²) in [7, 11) is 0. The molecule has 0 spiro atoms. The van der Waals surface area contributed by atoms with Gasteiger partial charge in [0.15, 0.2) is 5.82 Å². The third kappa shape index (κ3) is 6.75. The van der Waals surface area contributed by atoms with E-state index >= 15 is 0 Å². The molecule has 0 saturated heterocycles. The molecule has 0 saturated carbocycles. The number of aromatic amines is 1. The van der Waals surface area contributed by atoms with Crippen molar-refractivity contribution in [1.82, 2.24) is 25.6 Å². The number of anilines is 1. The molecular formula is C30H29ClN6O. The van der Waals surface area contributed by atoms with E-state index in [4.69, 9.17) is 21.3 Å². The summed E-state index contributed by atoms with van der Waals surface area (Å²) in [6, 6.07) is 26.2. The smallest absolute Gasteiger partial charge is 0.178 e. The Bertz CT molecular complexity index is 1520. The van der Waals surface area contributed by atoms with Gasteiger partial charge in [0.05, 0.1) is 11.2 Å². The largest absolute Gasteiger partial charge is 0.490 e. The number of halogens is 1. The second kappa shape index (κ2) is 12.3. The zero-order chi connectivity index (χ0) is 26.2. The van der Waals surface area contributed by atoms with Crippen LogP contribution in [0.4, 0.5) is 5.69 Å². The molecule has 0 fully saturated rings. The lowest BCUT2D eigenvalue weighted by Gasteiger charge is -2.20. The molecule has 0 aliphatic rings. The maximum Gasteiger partial charge on any atom is 0.178 e. The number of pyridine rings is 1. The van der Waals surface area contributed by atoms with Crippen LogP contribution >= 0.6 is 11.6 Å². The molecule has 2 aromatic heterocycles. The SMILES string of the molecule is CCCC(Cc1nn[nH]n1)Oc1ccccc1CNc1cccc(C=Cc2ccc3ccc(Cl)cc3n2)c1. The monoisotopic (exact) mass is 524 g/mol. The molecule has 5 aromatic rings. The maximum atomic E-state index is 6.41. The normalized spacial score (nSPS) is 12.2. The van der Waals surface area contributed by atoms with Crippen LogP contribution < -0.4 is 10.1 Å². The molecule has 0 amide bonds. The Hall–Kier alpha value is -4.23. The van der Waals surface area contributed by atoms with Gasteiger partial charge < -0.3 is 10.1 Å². The summed E-state index contributed by atoms with van der Waals surface area (Å²) in [6.07, 6.45) is 6.58. The maximum absolute atomic E-state index is 6.41. The van der Waals surface area contributed by atoms with Crippen LogP contribution in [0.25, 0.3) is 23.1 Å². The molecule has 2 heterocycles. The molecule has 1 atom stereocenters. The second-order valence-corrected chi connectivity index (χ2v) is 9.49. The Balaban J connectivity index is 1.25. The first-order chi connectivity index (χ1) is 18.7. The summed E-state index contributed by atoms with van der Waals surface area (Å²) < 4.78 is 6.41. The minimum Gasteiger partial charge on any atom is -0.490 e. The van der Waals surface area contributed by atoms with Crippen LogP contribution in [-0.4, -0.2) is 31.7 Å². The third-order valence-corrected chi connectivity index (χ3v) is 6.40. The number of benzene rings is 3. The lowest BCUT2D eigenvalue weighted by molar-refractivity contribution is 0.186. The fraction of sp³-hybridized carbons (Fsp3) is 0.200. The van der Waals surface area contributed by atoms with Crippen LogP contribution in [0.15, 0.2) is 78.9 Å². The highest BCUT2D eigenvalue weighted by Gasteiger charge is 2.15. The van der Waals surface area contributed by atoms with Crippen molar-refractivity contribution >= 4 is 40.3 Å². The number of ether oxygens (including phenoxy) is 1. The zero-order valence-electron chi connectivity index (χ0n) is 21.1. The van der Waals surface area contributed by atoms with Gasteiger partial charge in [-0.05, 0) is 54.5 Å². The predicted molar refractivity (Wildman–Crippen MR) is 153 cm³/mol. The van der Waals surface area contributed by atoms with Crippen molar-refractivity contribution in [3.8, 4) is 5.75 Å². The Morgan fingerprint density at radius 1 is 1.00 bits per heavy atom. The standard InChI is InChI=1S/C30H29ClN6O/c1-2-6-27(19-30-34-36-37-35-30)38-29-10-4-3-8-23(29)20-32-26-9-5-7-21(17-26)11-15-25-16-13-22-12-14-24(31)18-28(22)33-25/h3-5,7-18,27,32H,2,6,19-20H2,1H3,(H,34,35,36,37). The van der Waals surface area contributed by atoms with Crippen molar-refractivity contribution in [2.45, 2.75) is 38.8 Å². The first kappa shape index (κ1) is 25.4. The third-order valence-electron chi connectivity index (χ3n) is 6.17. The average Bonchev–Trinajstić information content (AvgIpc) is 3.45. The number of hydrogen-bond acceptors (Lipinski definition) is 6. The second-order valence-electron chi connectivity index (χ2n) is 9.05. The molecule has 0 aliphatic carbocycles. The summed E-state index contributed by atoms with van der Waals surface area (Å²) in [5, 5.41) is 19.6. The molecule has 7 nitrogen and oxygen atoms in total. The van der Waals surface area contributed by atoms with Gasteiger partial charge in [-0.3, -0.25) is 0 Å². The van der Waals surface area contributed by atoms with Crippen LogP contribution in [0, 0.1) is 0 Å². The van der Waals surface area contributed by atoms with Crippen LogP contribution in [0.2, 0.25) is 5.02 Å². The summed E-state index contributed by atoms with van der Waals surface area (Å²) >= 11 is 6.13. The van der Waals surface area contributed by atoms with E-state index in [0.29, 0.717) is 23.8 Å². The molecule has 38 heavy (non-hydrogen) atoms. The van der Waals surface area contributed by atoms with Gasteiger partial charge in [0.1, 0.15) is 11.9 Å². The minimum atomic E-state index is -0.0213. The first-order valence-electron chi connectivity index (χ1n) is 12.7. The van der Waals surface area contributed by atoms with E-state index in [1.54, 1.807) is 0 Å². The minimum absolute atomic E-state index is 0.0213. The molecule has 1 unspecified atom stereocenters. The lowest BCUT2D eigenvalue weighted by atomic mass is 10.1. The number of nitrogens with zero attached hydrogens (tertiary/aromatic N) is 4. The van der Waals surface area contributed by atoms with E-state index in [1.807, 2.05) is 54.6 Å². The summed E-state index contributed by atoms with van der Waals surface area (Å²) in [5.41, 5.74) is 4.95. The highest BCUT2D eigenvalue weighted by Crippen LogP contribution is 2.24. The Morgan fingerprint density at radius 3 is 2.76 bits per heavy atom. The van der Waals surface area contributed by atoms with E-state index in [-0.39, 0.29) is 6.10 Å². The average molecular weight is 525 g/mol. The van der Waals surface area contributed by atoms with Crippen molar-refractivity contribution in [3.63, 3.8) is 0 Å². The van der Waals surface area contributed by atoms with Crippen LogP contribution in [-0.2, 0) is 13.0 Å². The Morgan fingerprint density at radius 2 is 1.89 bits per heavy atom. The quantitative estimate of drug-likeness (QED) is 0.194. The molecular weight excluding hydrogens is 496 g/mol. The van der Waals surface area contributed by atoms with Crippen molar-refractivity contribution in [2.24, 2.45) is 0 Å². The predicted octanol–water partition coefficient (Wildman–Crippen LogP) is 6.97. The summed E-state index contributed by atoms with van der Waals surface area (Å²) in [4.78, 5) is 4.71. The van der Waals surface area contributed by atoms with Crippen LogP contribution in [0.5, 0.6) is 5.75 Å². The lowest BCUT2D eigenvalue weighted by Crippen LogP contribution is -2.21. The molecule has 5 rings (SSSR count).